The van der Waals surface area contributed by atoms with Crippen LogP contribution in [0.4, 0.5) is 13.2 Å². The summed E-state index contributed by atoms with van der Waals surface area (Å²) in [4.78, 5) is 3.78. The first-order valence-corrected chi connectivity index (χ1v) is 8.17. The van der Waals surface area contributed by atoms with Gasteiger partial charge in [0.15, 0.2) is 0 Å². The lowest BCUT2D eigenvalue weighted by Gasteiger charge is -2.35. The predicted molar refractivity (Wildman–Crippen MR) is 78.4 cm³/mol. The van der Waals surface area contributed by atoms with Crippen LogP contribution in [0.3, 0.4) is 0 Å². The molecule has 2 rings (SSSR count). The second-order valence-corrected chi connectivity index (χ2v) is 6.66. The maximum absolute atomic E-state index is 12.3. The normalized spacial score (nSPS) is 29.7. The molecular weight excluding hydrogens is 279 g/mol. The van der Waals surface area contributed by atoms with Gasteiger partial charge in [-0.15, -0.1) is 0 Å². The van der Waals surface area contributed by atoms with Gasteiger partial charge in [-0.3, -0.25) is 9.80 Å². The number of hydrogen-bond donors (Lipinski definition) is 1. The zero-order valence-corrected chi connectivity index (χ0v) is 13.0. The summed E-state index contributed by atoms with van der Waals surface area (Å²) in [6, 6.07) is 0.639. The van der Waals surface area contributed by atoms with Crippen LogP contribution in [0.5, 0.6) is 0 Å². The van der Waals surface area contributed by atoms with E-state index in [2.05, 4.69) is 17.1 Å². The molecule has 1 N–H and O–H groups in total. The van der Waals surface area contributed by atoms with Gasteiger partial charge in [0.05, 0.1) is 6.54 Å². The number of nitrogens with one attached hydrogen (secondary N) is 1. The van der Waals surface area contributed by atoms with Gasteiger partial charge < -0.3 is 5.32 Å². The minimum Gasteiger partial charge on any atom is -0.313 e. The number of hydrogen-bond acceptors (Lipinski definition) is 3. The van der Waals surface area contributed by atoms with Gasteiger partial charge in [-0.25, -0.2) is 0 Å². The molecular formula is C15H28F3N3. The van der Waals surface area contributed by atoms with Crippen LogP contribution < -0.4 is 5.32 Å². The van der Waals surface area contributed by atoms with Crippen LogP contribution in [0.1, 0.15) is 32.6 Å². The smallest absolute Gasteiger partial charge is 0.313 e. The molecule has 1 saturated heterocycles. The molecule has 1 heterocycles. The summed E-state index contributed by atoms with van der Waals surface area (Å²) < 4.78 is 36.9. The summed E-state index contributed by atoms with van der Waals surface area (Å²) >= 11 is 0. The fourth-order valence-electron chi connectivity index (χ4n) is 3.47. The van der Waals surface area contributed by atoms with Crippen LogP contribution >= 0.6 is 0 Å². The van der Waals surface area contributed by atoms with Crippen molar-refractivity contribution in [3.63, 3.8) is 0 Å². The Bertz CT molecular complexity index is 301. The summed E-state index contributed by atoms with van der Waals surface area (Å²) in [6.07, 6.45) is 1.12. The van der Waals surface area contributed by atoms with E-state index in [1.54, 1.807) is 0 Å². The molecule has 1 saturated carbocycles. The molecule has 2 unspecified atom stereocenters. The number of halogens is 3. The Hall–Kier alpha value is -0.330. The number of piperazine rings is 1. The van der Waals surface area contributed by atoms with E-state index in [-0.39, 0.29) is 0 Å². The summed E-state index contributed by atoms with van der Waals surface area (Å²) in [6.45, 7) is 6.01. The van der Waals surface area contributed by atoms with Crippen molar-refractivity contribution in [2.45, 2.75) is 44.8 Å². The van der Waals surface area contributed by atoms with Crippen LogP contribution in [-0.4, -0.2) is 67.8 Å². The number of rotatable bonds is 5. The zero-order valence-electron chi connectivity index (χ0n) is 13.0. The molecule has 0 aromatic carbocycles. The maximum atomic E-state index is 12.3. The summed E-state index contributed by atoms with van der Waals surface area (Å²) in [5.41, 5.74) is 0. The van der Waals surface area contributed by atoms with Crippen molar-refractivity contribution < 1.29 is 13.2 Å². The summed E-state index contributed by atoms with van der Waals surface area (Å²) in [7, 11) is 0. The van der Waals surface area contributed by atoms with E-state index in [0.29, 0.717) is 19.1 Å². The van der Waals surface area contributed by atoms with Crippen molar-refractivity contribution in [2.24, 2.45) is 5.92 Å². The first kappa shape index (κ1) is 17.0. The summed E-state index contributed by atoms with van der Waals surface area (Å²) in [5.74, 6) is 0.821. The standard InChI is InChI=1S/C15H28F3N3/c1-13-3-2-4-14(11-13)19-5-6-20-7-9-21(10-8-20)12-15(16,17)18/h13-14,19H,2-12H2,1H3. The zero-order chi connectivity index (χ0) is 15.3. The molecule has 21 heavy (non-hydrogen) atoms. The highest BCUT2D eigenvalue weighted by molar-refractivity contribution is 4.78. The Morgan fingerprint density at radius 1 is 1.05 bits per heavy atom. The van der Waals surface area contributed by atoms with Gasteiger partial charge in [-0.2, -0.15) is 13.2 Å². The van der Waals surface area contributed by atoms with Gasteiger partial charge in [-0.1, -0.05) is 19.8 Å². The highest BCUT2D eigenvalue weighted by Gasteiger charge is 2.32. The SMILES string of the molecule is CC1CCCC(NCCN2CCN(CC(F)(F)F)CC2)C1. The Kier molecular flexibility index (Phi) is 6.32. The number of alkyl halides is 3. The van der Waals surface area contributed by atoms with Crippen molar-refractivity contribution in [3.05, 3.63) is 0 Å². The Balaban J connectivity index is 1.56. The van der Waals surface area contributed by atoms with E-state index < -0.39 is 12.7 Å². The molecule has 1 aliphatic carbocycles. The second-order valence-electron chi connectivity index (χ2n) is 6.66. The van der Waals surface area contributed by atoms with Crippen molar-refractivity contribution in [2.75, 3.05) is 45.8 Å². The monoisotopic (exact) mass is 307 g/mol. The molecule has 0 aromatic rings. The van der Waals surface area contributed by atoms with Crippen molar-refractivity contribution in [3.8, 4) is 0 Å². The predicted octanol–water partition coefficient (Wildman–Crippen LogP) is 2.33. The van der Waals surface area contributed by atoms with E-state index >= 15 is 0 Å². The highest BCUT2D eigenvalue weighted by Crippen LogP contribution is 2.23. The van der Waals surface area contributed by atoms with Gasteiger partial charge in [0.2, 0.25) is 0 Å². The van der Waals surface area contributed by atoms with Gasteiger partial charge in [0.25, 0.3) is 0 Å². The molecule has 0 aromatic heterocycles. The lowest BCUT2D eigenvalue weighted by molar-refractivity contribution is -0.149. The van der Waals surface area contributed by atoms with Crippen LogP contribution in [-0.2, 0) is 0 Å². The third-order valence-electron chi connectivity index (χ3n) is 4.67. The van der Waals surface area contributed by atoms with E-state index in [1.165, 1.54) is 30.6 Å². The molecule has 2 atom stereocenters. The fraction of sp³-hybridized carbons (Fsp3) is 1.00. The fourth-order valence-corrected chi connectivity index (χ4v) is 3.47. The van der Waals surface area contributed by atoms with Crippen molar-refractivity contribution in [1.29, 1.82) is 0 Å². The van der Waals surface area contributed by atoms with Crippen LogP contribution in [0.2, 0.25) is 0 Å². The van der Waals surface area contributed by atoms with Crippen LogP contribution in [0.15, 0.2) is 0 Å². The Labute approximate surface area is 125 Å². The lowest BCUT2D eigenvalue weighted by Crippen LogP contribution is -2.50. The molecule has 1 aliphatic heterocycles. The molecule has 2 aliphatic rings. The quantitative estimate of drug-likeness (QED) is 0.841. The molecule has 0 radical (unpaired) electrons. The van der Waals surface area contributed by atoms with E-state index in [0.717, 1.165) is 32.1 Å². The van der Waals surface area contributed by atoms with E-state index in [9.17, 15) is 13.2 Å². The molecule has 2 fully saturated rings. The van der Waals surface area contributed by atoms with Crippen LogP contribution in [0, 0.1) is 5.92 Å². The van der Waals surface area contributed by atoms with Crippen molar-refractivity contribution in [1.82, 2.24) is 15.1 Å². The largest absolute Gasteiger partial charge is 0.401 e. The van der Waals surface area contributed by atoms with Gasteiger partial charge in [0.1, 0.15) is 0 Å². The first-order valence-electron chi connectivity index (χ1n) is 8.17. The van der Waals surface area contributed by atoms with Gasteiger partial charge >= 0.3 is 6.18 Å². The minimum absolute atomic E-state index is 0.528. The average molecular weight is 307 g/mol. The molecule has 3 nitrogen and oxygen atoms in total. The average Bonchev–Trinajstić information content (AvgIpc) is 2.39. The second kappa shape index (κ2) is 7.79. The van der Waals surface area contributed by atoms with Crippen molar-refractivity contribution >= 4 is 0 Å². The maximum Gasteiger partial charge on any atom is 0.401 e. The summed E-state index contributed by atoms with van der Waals surface area (Å²) in [5, 5.41) is 3.61. The lowest BCUT2D eigenvalue weighted by atomic mass is 9.87. The van der Waals surface area contributed by atoms with E-state index in [4.69, 9.17) is 0 Å². The topological polar surface area (TPSA) is 18.5 Å². The molecule has 0 spiro atoms. The first-order chi connectivity index (χ1) is 9.92. The third-order valence-corrected chi connectivity index (χ3v) is 4.67. The Morgan fingerprint density at radius 3 is 2.33 bits per heavy atom. The number of nitrogens with zero attached hydrogens (tertiary/aromatic N) is 2. The van der Waals surface area contributed by atoms with E-state index in [1.807, 2.05) is 0 Å². The molecule has 124 valence electrons. The Morgan fingerprint density at radius 2 is 1.71 bits per heavy atom. The highest BCUT2D eigenvalue weighted by atomic mass is 19.4. The molecule has 0 bridgehead atoms. The third kappa shape index (κ3) is 6.53. The molecule has 0 amide bonds. The van der Waals surface area contributed by atoms with Gasteiger partial charge in [-0.05, 0) is 18.8 Å². The molecule has 6 heteroatoms. The van der Waals surface area contributed by atoms with Crippen LogP contribution in [0.25, 0.3) is 0 Å². The van der Waals surface area contributed by atoms with Gasteiger partial charge in [0, 0.05) is 45.3 Å². The minimum atomic E-state index is -4.07.